The van der Waals surface area contributed by atoms with Gasteiger partial charge in [-0.25, -0.2) is 0 Å². The van der Waals surface area contributed by atoms with E-state index in [1.165, 1.54) is 4.90 Å². The predicted octanol–water partition coefficient (Wildman–Crippen LogP) is 3.35. The fourth-order valence-corrected chi connectivity index (χ4v) is 2.68. The summed E-state index contributed by atoms with van der Waals surface area (Å²) in [6.07, 6.45) is -2.15. The minimum Gasteiger partial charge on any atom is -0.365 e. The van der Waals surface area contributed by atoms with Crippen LogP contribution in [-0.2, 0) is 9.59 Å². The molecule has 2 rings (SSSR count). The van der Waals surface area contributed by atoms with Crippen molar-refractivity contribution in [3.63, 3.8) is 0 Å². The van der Waals surface area contributed by atoms with E-state index in [0.717, 1.165) is 17.3 Å². The summed E-state index contributed by atoms with van der Waals surface area (Å²) in [5.74, 6) is -2.22. The highest BCUT2D eigenvalue weighted by Crippen LogP contribution is 2.23. The molecular weight excluding hydrogens is 321 g/mol. The highest BCUT2D eigenvalue weighted by Gasteiger charge is 2.37. The lowest BCUT2D eigenvalue weighted by molar-refractivity contribution is -0.165. The number of nitrogens with one attached hydrogen (secondary N) is 1. The number of nitrogens with zero attached hydrogens (tertiary/aromatic N) is 1. The lowest BCUT2D eigenvalue weighted by Gasteiger charge is -2.22. The highest BCUT2D eigenvalue weighted by atomic mass is 19.4. The van der Waals surface area contributed by atoms with Crippen LogP contribution in [0.5, 0.6) is 0 Å². The normalized spacial score (nSPS) is 18.2. The first-order valence-electron chi connectivity index (χ1n) is 7.61. The summed E-state index contributed by atoms with van der Waals surface area (Å²) < 4.78 is 36.7. The van der Waals surface area contributed by atoms with Gasteiger partial charge in [0.25, 0.3) is 5.78 Å². The Balaban J connectivity index is 2.05. The second-order valence-electron chi connectivity index (χ2n) is 5.88. The van der Waals surface area contributed by atoms with Gasteiger partial charge in [-0.15, -0.1) is 0 Å². The summed E-state index contributed by atoms with van der Waals surface area (Å²) in [6.45, 7) is 4.25. The molecule has 0 saturated carbocycles. The van der Waals surface area contributed by atoms with Gasteiger partial charge in [0, 0.05) is 24.5 Å². The Bertz CT molecular complexity index is 668. The fourth-order valence-electron chi connectivity index (χ4n) is 2.68. The molecule has 0 radical (unpaired) electrons. The molecular formula is C17H19F3N2O2. The number of alkyl halides is 3. The second kappa shape index (κ2) is 7.07. The molecule has 0 aliphatic carbocycles. The number of halogens is 3. The molecule has 24 heavy (non-hydrogen) atoms. The molecule has 1 aromatic rings. The van der Waals surface area contributed by atoms with E-state index >= 15 is 0 Å². The Labute approximate surface area is 138 Å². The third-order valence-electron chi connectivity index (χ3n) is 3.93. The fraction of sp³-hybridized carbons (Fsp3) is 0.412. The third-order valence-corrected chi connectivity index (χ3v) is 3.93. The summed E-state index contributed by atoms with van der Waals surface area (Å²) in [5, 5.41) is 2.81. The van der Waals surface area contributed by atoms with E-state index < -0.39 is 18.0 Å². The molecule has 0 bridgehead atoms. The number of anilines is 1. The van der Waals surface area contributed by atoms with Gasteiger partial charge in [0.05, 0.1) is 0 Å². The van der Waals surface area contributed by atoms with Crippen LogP contribution in [0.25, 0.3) is 0 Å². The molecule has 1 saturated heterocycles. The van der Waals surface area contributed by atoms with Crippen LogP contribution >= 0.6 is 0 Å². The first-order chi connectivity index (χ1) is 11.2. The maximum Gasteiger partial charge on any atom is 0.454 e. The molecule has 4 nitrogen and oxygen atoms in total. The lowest BCUT2D eigenvalue weighted by atomic mass is 10.1. The van der Waals surface area contributed by atoms with E-state index in [4.69, 9.17) is 0 Å². The van der Waals surface area contributed by atoms with Crippen molar-refractivity contribution in [3.05, 3.63) is 41.6 Å². The SMILES string of the molecule is Cc1ccc(NC(=O)C2CCCN2C=CC(=O)C(F)(F)F)c(C)c1. The number of carbonyl (C=O) groups excluding carboxylic acids is 2. The minimum atomic E-state index is -4.90. The van der Waals surface area contributed by atoms with Crippen LogP contribution in [0.4, 0.5) is 18.9 Å². The molecule has 1 amide bonds. The van der Waals surface area contributed by atoms with Crippen LogP contribution in [0.2, 0.25) is 0 Å². The Morgan fingerprint density at radius 3 is 2.62 bits per heavy atom. The number of hydrogen-bond donors (Lipinski definition) is 1. The quantitative estimate of drug-likeness (QED) is 0.855. The standard InChI is InChI=1S/C17H19F3N2O2/c1-11-5-6-13(12(2)10-11)21-16(24)14-4-3-8-22(14)9-7-15(23)17(18,19)20/h5-7,9-10,14H,3-4,8H2,1-2H3,(H,21,24). The number of aryl methyl sites for hydroxylation is 2. The zero-order valence-corrected chi connectivity index (χ0v) is 13.5. The zero-order valence-electron chi connectivity index (χ0n) is 13.5. The Kier molecular flexibility index (Phi) is 5.31. The third kappa shape index (κ3) is 4.37. The topological polar surface area (TPSA) is 49.4 Å². The van der Waals surface area contributed by atoms with Crippen molar-refractivity contribution in [2.24, 2.45) is 0 Å². The van der Waals surface area contributed by atoms with Crippen LogP contribution < -0.4 is 5.32 Å². The molecule has 1 aromatic carbocycles. The molecule has 0 spiro atoms. The van der Waals surface area contributed by atoms with Crippen molar-refractivity contribution in [2.75, 3.05) is 11.9 Å². The molecule has 1 unspecified atom stereocenters. The number of carbonyl (C=O) groups is 2. The largest absolute Gasteiger partial charge is 0.454 e. The Morgan fingerprint density at radius 1 is 1.29 bits per heavy atom. The van der Waals surface area contributed by atoms with Crippen molar-refractivity contribution in [1.82, 2.24) is 4.90 Å². The number of benzene rings is 1. The van der Waals surface area contributed by atoms with Gasteiger partial charge in [-0.3, -0.25) is 9.59 Å². The first kappa shape index (κ1) is 18.0. The molecule has 130 valence electrons. The first-order valence-corrected chi connectivity index (χ1v) is 7.61. The summed E-state index contributed by atoms with van der Waals surface area (Å²) in [6, 6.07) is 5.02. The van der Waals surface area contributed by atoms with Crippen molar-refractivity contribution in [2.45, 2.75) is 38.9 Å². The molecule has 1 aliphatic heterocycles. The van der Waals surface area contributed by atoms with E-state index in [-0.39, 0.29) is 5.91 Å². The highest BCUT2D eigenvalue weighted by molar-refractivity contribution is 5.96. The molecule has 7 heteroatoms. The van der Waals surface area contributed by atoms with E-state index in [0.29, 0.717) is 31.1 Å². The van der Waals surface area contributed by atoms with E-state index in [1.807, 2.05) is 26.0 Å². The number of amides is 1. The van der Waals surface area contributed by atoms with Gasteiger partial charge in [0.15, 0.2) is 0 Å². The van der Waals surface area contributed by atoms with Gasteiger partial charge in [0.1, 0.15) is 6.04 Å². The smallest absolute Gasteiger partial charge is 0.365 e. The predicted molar refractivity (Wildman–Crippen MR) is 84.5 cm³/mol. The van der Waals surface area contributed by atoms with Crippen molar-refractivity contribution in [3.8, 4) is 0 Å². The number of allylic oxidation sites excluding steroid dienone is 1. The number of ketones is 1. The molecule has 1 heterocycles. The number of rotatable bonds is 4. The van der Waals surface area contributed by atoms with E-state index in [1.54, 1.807) is 6.07 Å². The molecule has 1 N–H and O–H groups in total. The van der Waals surface area contributed by atoms with Gasteiger partial charge in [-0.1, -0.05) is 17.7 Å². The van der Waals surface area contributed by atoms with Gasteiger partial charge in [-0.05, 0) is 38.3 Å². The van der Waals surface area contributed by atoms with Gasteiger partial charge >= 0.3 is 6.18 Å². The number of likely N-dealkylation sites (tertiary alicyclic amines) is 1. The maximum atomic E-state index is 12.4. The summed E-state index contributed by atoms with van der Waals surface area (Å²) in [4.78, 5) is 24.8. The molecule has 1 fully saturated rings. The van der Waals surface area contributed by atoms with Crippen LogP contribution in [0.1, 0.15) is 24.0 Å². The number of hydrogen-bond acceptors (Lipinski definition) is 3. The van der Waals surface area contributed by atoms with Gasteiger partial charge < -0.3 is 10.2 Å². The minimum absolute atomic E-state index is 0.288. The van der Waals surface area contributed by atoms with Crippen molar-refractivity contribution in [1.29, 1.82) is 0 Å². The molecule has 0 aromatic heterocycles. The maximum absolute atomic E-state index is 12.4. The summed E-state index contributed by atoms with van der Waals surface area (Å²) >= 11 is 0. The van der Waals surface area contributed by atoms with E-state index in [2.05, 4.69) is 5.32 Å². The summed E-state index contributed by atoms with van der Waals surface area (Å²) in [5.41, 5.74) is 2.66. The Morgan fingerprint density at radius 2 is 2.00 bits per heavy atom. The van der Waals surface area contributed by atoms with Crippen LogP contribution in [0.3, 0.4) is 0 Å². The van der Waals surface area contributed by atoms with Crippen LogP contribution in [0, 0.1) is 13.8 Å². The second-order valence-corrected chi connectivity index (χ2v) is 5.88. The summed E-state index contributed by atoms with van der Waals surface area (Å²) in [7, 11) is 0. The zero-order chi connectivity index (χ0) is 17.9. The van der Waals surface area contributed by atoms with Crippen molar-refractivity contribution < 1.29 is 22.8 Å². The van der Waals surface area contributed by atoms with Crippen LogP contribution in [0.15, 0.2) is 30.5 Å². The van der Waals surface area contributed by atoms with Crippen LogP contribution in [-0.4, -0.2) is 35.4 Å². The Hall–Kier alpha value is -2.31. The van der Waals surface area contributed by atoms with Crippen molar-refractivity contribution >= 4 is 17.4 Å². The average Bonchev–Trinajstić information content (AvgIpc) is 2.95. The van der Waals surface area contributed by atoms with Gasteiger partial charge in [-0.2, -0.15) is 13.2 Å². The molecule has 1 atom stereocenters. The van der Waals surface area contributed by atoms with Gasteiger partial charge in [0.2, 0.25) is 5.91 Å². The monoisotopic (exact) mass is 340 g/mol. The molecule has 1 aliphatic rings. The average molecular weight is 340 g/mol. The van der Waals surface area contributed by atoms with E-state index in [9.17, 15) is 22.8 Å². The lowest BCUT2D eigenvalue weighted by Crippen LogP contribution is -2.37.